The molecule has 1 aromatic carbocycles. The molecule has 11 heteroatoms. The molecule has 184 valence electrons. The van der Waals surface area contributed by atoms with Crippen molar-refractivity contribution < 1.29 is 27.9 Å². The van der Waals surface area contributed by atoms with Crippen LogP contribution < -0.4 is 5.32 Å². The van der Waals surface area contributed by atoms with Crippen LogP contribution in [0.25, 0.3) is 11.1 Å². The summed E-state index contributed by atoms with van der Waals surface area (Å²) in [4.78, 5) is 30.8. The van der Waals surface area contributed by atoms with E-state index < -0.39 is 17.6 Å². The van der Waals surface area contributed by atoms with Gasteiger partial charge >= 0.3 is 6.18 Å². The van der Waals surface area contributed by atoms with Crippen LogP contribution in [0.2, 0.25) is 0 Å². The highest BCUT2D eigenvalue weighted by Crippen LogP contribution is 2.37. The molecule has 3 aromatic rings. The number of likely N-dealkylation sites (tertiary alicyclic amines) is 1. The summed E-state index contributed by atoms with van der Waals surface area (Å²) in [7, 11) is 0. The van der Waals surface area contributed by atoms with Gasteiger partial charge in [0, 0.05) is 31.3 Å². The van der Waals surface area contributed by atoms with Crippen LogP contribution in [-0.2, 0) is 11.0 Å². The van der Waals surface area contributed by atoms with Crippen molar-refractivity contribution in [1.29, 1.82) is 0 Å². The predicted molar refractivity (Wildman–Crippen MR) is 120 cm³/mol. The minimum Gasteiger partial charge on any atom is -0.506 e. The molecule has 1 saturated heterocycles. The number of nitrogens with one attached hydrogen (secondary N) is 2. The number of nitrogens with zero attached hydrogens (tertiary/aromatic N) is 3. The normalized spacial score (nSPS) is 16.2. The number of aromatic nitrogens is 3. The van der Waals surface area contributed by atoms with Crippen molar-refractivity contribution in [3.8, 4) is 16.9 Å². The average Bonchev–Trinajstić information content (AvgIpc) is 3.33. The van der Waals surface area contributed by atoms with Gasteiger partial charge in [0.2, 0.25) is 5.91 Å². The van der Waals surface area contributed by atoms with Gasteiger partial charge in [-0.05, 0) is 43.0 Å². The number of carbonyl (C=O) groups excluding carboxylic acids is 2. The molecule has 0 saturated carbocycles. The summed E-state index contributed by atoms with van der Waals surface area (Å²) in [5, 5.41) is 19.1. The molecule has 4 rings (SSSR count). The number of alkyl halides is 3. The first-order valence-corrected chi connectivity index (χ1v) is 11.2. The summed E-state index contributed by atoms with van der Waals surface area (Å²) >= 11 is 0. The van der Waals surface area contributed by atoms with Crippen molar-refractivity contribution in [2.75, 3.05) is 13.1 Å². The van der Waals surface area contributed by atoms with Crippen LogP contribution in [0.4, 0.5) is 13.2 Å². The molecule has 1 aliphatic rings. The van der Waals surface area contributed by atoms with Crippen molar-refractivity contribution in [2.45, 2.75) is 37.9 Å². The molecule has 0 spiro atoms. The molecule has 1 aliphatic heterocycles. The topological polar surface area (TPSA) is 111 Å². The third-order valence-corrected chi connectivity index (χ3v) is 5.96. The Balaban J connectivity index is 1.44. The fourth-order valence-electron chi connectivity index (χ4n) is 4.23. The number of pyridine rings is 1. The number of aromatic amines is 1. The zero-order valence-corrected chi connectivity index (χ0v) is 18.7. The second-order valence-electron chi connectivity index (χ2n) is 8.31. The number of amides is 2. The first kappa shape index (κ1) is 24.2. The lowest BCUT2D eigenvalue weighted by molar-refractivity contribution is -0.137. The molecule has 2 aromatic heterocycles. The van der Waals surface area contributed by atoms with Gasteiger partial charge in [0.05, 0.1) is 35.3 Å². The lowest BCUT2D eigenvalue weighted by atomic mass is 9.94. The van der Waals surface area contributed by atoms with E-state index in [0.29, 0.717) is 29.8 Å². The standard InChI is InChI=1S/C24H24F3N5O3/c25-24(26,27)17-6-4-15(5-7-17)19-14-30-31-22(19)20-3-1-2-10-32(20)21(34)8-9-29-23(35)16-11-18(33)13-28-12-16/h4-7,11-14,20,33H,1-3,8-10H2,(H,29,35)(H,30,31)/t20-/m1/s1. The highest BCUT2D eigenvalue weighted by atomic mass is 19.4. The van der Waals surface area contributed by atoms with E-state index in [2.05, 4.69) is 20.5 Å². The Bertz CT molecular complexity index is 1190. The summed E-state index contributed by atoms with van der Waals surface area (Å²) in [5.41, 5.74) is 1.35. The van der Waals surface area contributed by atoms with Gasteiger partial charge in [-0.15, -0.1) is 0 Å². The minimum atomic E-state index is -4.42. The third kappa shape index (κ3) is 5.61. The van der Waals surface area contributed by atoms with Crippen molar-refractivity contribution in [1.82, 2.24) is 25.4 Å². The Morgan fingerprint density at radius 3 is 2.63 bits per heavy atom. The van der Waals surface area contributed by atoms with E-state index in [4.69, 9.17) is 0 Å². The lowest BCUT2D eigenvalue weighted by Crippen LogP contribution is -2.40. The summed E-state index contributed by atoms with van der Waals surface area (Å²) < 4.78 is 38.8. The fourth-order valence-corrected chi connectivity index (χ4v) is 4.23. The summed E-state index contributed by atoms with van der Waals surface area (Å²) in [6.45, 7) is 0.630. The summed E-state index contributed by atoms with van der Waals surface area (Å²) in [5.74, 6) is -0.736. The van der Waals surface area contributed by atoms with Crippen LogP contribution in [0.5, 0.6) is 5.75 Å². The van der Waals surface area contributed by atoms with Crippen molar-refractivity contribution in [2.24, 2.45) is 0 Å². The number of piperidine rings is 1. The van der Waals surface area contributed by atoms with E-state index in [1.807, 2.05) is 0 Å². The van der Waals surface area contributed by atoms with Gasteiger partial charge in [-0.25, -0.2) is 0 Å². The number of aromatic hydroxyl groups is 1. The molecule has 2 amide bonds. The van der Waals surface area contributed by atoms with Crippen LogP contribution in [0.3, 0.4) is 0 Å². The summed E-state index contributed by atoms with van der Waals surface area (Å²) in [6.07, 6.45) is 2.13. The van der Waals surface area contributed by atoms with Gasteiger partial charge in [-0.1, -0.05) is 12.1 Å². The zero-order valence-electron chi connectivity index (χ0n) is 18.7. The lowest BCUT2D eigenvalue weighted by Gasteiger charge is -2.36. The van der Waals surface area contributed by atoms with E-state index in [-0.39, 0.29) is 36.2 Å². The van der Waals surface area contributed by atoms with Crippen LogP contribution in [0.1, 0.15) is 53.3 Å². The van der Waals surface area contributed by atoms with Gasteiger partial charge in [0.15, 0.2) is 0 Å². The molecule has 0 unspecified atom stereocenters. The Labute approximate surface area is 199 Å². The smallest absolute Gasteiger partial charge is 0.416 e. The maximum absolute atomic E-state index is 13.0. The molecule has 0 aliphatic carbocycles. The van der Waals surface area contributed by atoms with Crippen LogP contribution in [0.15, 0.2) is 48.9 Å². The minimum absolute atomic E-state index is 0.0677. The molecular weight excluding hydrogens is 463 g/mol. The molecule has 1 fully saturated rings. The van der Waals surface area contributed by atoms with Crippen molar-refractivity contribution >= 4 is 11.8 Å². The Hall–Kier alpha value is -3.89. The first-order valence-electron chi connectivity index (χ1n) is 11.2. The zero-order chi connectivity index (χ0) is 25.0. The number of benzene rings is 1. The first-order chi connectivity index (χ1) is 16.7. The van der Waals surface area contributed by atoms with E-state index in [0.717, 1.165) is 25.0 Å². The average molecular weight is 487 g/mol. The van der Waals surface area contributed by atoms with E-state index in [1.165, 1.54) is 30.6 Å². The monoisotopic (exact) mass is 487 g/mol. The van der Waals surface area contributed by atoms with Gasteiger partial charge in [0.1, 0.15) is 5.75 Å². The largest absolute Gasteiger partial charge is 0.506 e. The number of H-pyrrole nitrogens is 1. The molecule has 3 heterocycles. The third-order valence-electron chi connectivity index (χ3n) is 5.96. The highest BCUT2D eigenvalue weighted by Gasteiger charge is 2.32. The number of carbonyl (C=O) groups is 2. The van der Waals surface area contributed by atoms with E-state index >= 15 is 0 Å². The van der Waals surface area contributed by atoms with E-state index in [9.17, 15) is 27.9 Å². The highest BCUT2D eigenvalue weighted by molar-refractivity contribution is 5.94. The van der Waals surface area contributed by atoms with Crippen molar-refractivity contribution in [3.63, 3.8) is 0 Å². The maximum Gasteiger partial charge on any atom is 0.416 e. The van der Waals surface area contributed by atoms with Gasteiger partial charge in [-0.2, -0.15) is 18.3 Å². The number of hydrogen-bond donors (Lipinski definition) is 3. The Morgan fingerprint density at radius 1 is 1.14 bits per heavy atom. The molecule has 0 radical (unpaired) electrons. The van der Waals surface area contributed by atoms with Crippen molar-refractivity contribution in [3.05, 3.63) is 65.7 Å². The van der Waals surface area contributed by atoms with Crippen LogP contribution in [-0.4, -0.2) is 50.1 Å². The fraction of sp³-hybridized carbons (Fsp3) is 0.333. The van der Waals surface area contributed by atoms with Gasteiger partial charge in [0.25, 0.3) is 5.91 Å². The molecule has 0 bridgehead atoms. The maximum atomic E-state index is 13.0. The SMILES string of the molecule is O=C(NCCC(=O)N1CCCC[C@@H]1c1[nH]ncc1-c1ccc(C(F)(F)F)cc1)c1cncc(O)c1. The number of halogens is 3. The number of hydrogen-bond acceptors (Lipinski definition) is 5. The second kappa shape index (κ2) is 10.2. The quantitative estimate of drug-likeness (QED) is 0.486. The van der Waals surface area contributed by atoms with Crippen LogP contribution in [0, 0.1) is 0 Å². The van der Waals surface area contributed by atoms with Gasteiger partial charge in [-0.3, -0.25) is 19.7 Å². The molecule has 8 nitrogen and oxygen atoms in total. The van der Waals surface area contributed by atoms with E-state index in [1.54, 1.807) is 11.1 Å². The molecular formula is C24H24F3N5O3. The molecule has 1 atom stereocenters. The predicted octanol–water partition coefficient (Wildman–Crippen LogP) is 4.07. The van der Waals surface area contributed by atoms with Crippen LogP contribution >= 0.6 is 0 Å². The van der Waals surface area contributed by atoms with Gasteiger partial charge < -0.3 is 15.3 Å². The summed E-state index contributed by atoms with van der Waals surface area (Å²) in [6, 6.07) is 5.84. The molecule has 35 heavy (non-hydrogen) atoms. The molecule has 3 N–H and O–H groups in total. The number of rotatable bonds is 6. The second-order valence-corrected chi connectivity index (χ2v) is 8.31. The Kier molecular flexibility index (Phi) is 7.04. The Morgan fingerprint density at radius 2 is 1.91 bits per heavy atom.